The van der Waals surface area contributed by atoms with Crippen LogP contribution in [0, 0.1) is 0 Å². The van der Waals surface area contributed by atoms with Crippen LogP contribution in [0.1, 0.15) is 22.0 Å². The highest BCUT2D eigenvalue weighted by Crippen LogP contribution is 2.18. The van der Waals surface area contributed by atoms with Crippen molar-refractivity contribution in [2.75, 3.05) is 6.61 Å². The van der Waals surface area contributed by atoms with E-state index in [1.807, 2.05) is 36.4 Å². The van der Waals surface area contributed by atoms with Crippen molar-refractivity contribution < 1.29 is 14.6 Å². The monoisotopic (exact) mass is 242 g/mol. The minimum Gasteiger partial charge on any atom is -0.451 e. The summed E-state index contributed by atoms with van der Waals surface area (Å²) in [7, 11) is 0. The molecule has 1 unspecified atom stereocenters. The van der Waals surface area contributed by atoms with Gasteiger partial charge in [-0.15, -0.1) is 0 Å². The number of aliphatic hydroxyl groups is 1. The zero-order valence-electron chi connectivity index (χ0n) is 9.82. The van der Waals surface area contributed by atoms with E-state index in [9.17, 15) is 9.90 Å². The Morgan fingerprint density at radius 2 is 1.56 bits per heavy atom. The number of carbonyl (C=O) groups excluding carboxylic acids is 1. The Balaban J connectivity index is 2.10. The molecule has 0 fully saturated rings. The second-order valence-electron chi connectivity index (χ2n) is 3.85. The summed E-state index contributed by atoms with van der Waals surface area (Å²) in [5.41, 5.74) is 1.26. The van der Waals surface area contributed by atoms with Gasteiger partial charge in [-0.2, -0.15) is 0 Å². The largest absolute Gasteiger partial charge is 0.451 e. The summed E-state index contributed by atoms with van der Waals surface area (Å²) in [6.07, 6.45) is -0.626. The molecule has 0 aliphatic rings. The first-order valence-corrected chi connectivity index (χ1v) is 5.73. The van der Waals surface area contributed by atoms with E-state index >= 15 is 0 Å². The Bertz CT molecular complexity index is 494. The molecule has 0 saturated heterocycles. The fourth-order valence-corrected chi connectivity index (χ4v) is 1.65. The van der Waals surface area contributed by atoms with Crippen LogP contribution in [0.3, 0.4) is 0 Å². The molecule has 2 rings (SSSR count). The Morgan fingerprint density at radius 3 is 2.11 bits per heavy atom. The molecule has 0 aromatic heterocycles. The van der Waals surface area contributed by atoms with Gasteiger partial charge >= 0.3 is 5.97 Å². The van der Waals surface area contributed by atoms with Crippen molar-refractivity contribution in [1.82, 2.24) is 0 Å². The molecule has 0 aliphatic carbocycles. The van der Waals surface area contributed by atoms with Gasteiger partial charge in [0, 0.05) is 0 Å². The fraction of sp³-hybridized carbons (Fsp3) is 0.133. The number of benzene rings is 2. The smallest absolute Gasteiger partial charge is 0.338 e. The lowest BCUT2D eigenvalue weighted by molar-refractivity contribution is 0.0133. The molecule has 1 N–H and O–H groups in total. The second-order valence-corrected chi connectivity index (χ2v) is 3.85. The number of carbonyl (C=O) groups is 1. The predicted octanol–water partition coefficient (Wildman–Crippen LogP) is 2.58. The van der Waals surface area contributed by atoms with Gasteiger partial charge in [0.1, 0.15) is 0 Å². The topological polar surface area (TPSA) is 46.5 Å². The molecule has 1 atom stereocenters. The van der Waals surface area contributed by atoms with Crippen LogP contribution in [-0.4, -0.2) is 17.7 Å². The molecule has 0 amide bonds. The third-order valence-corrected chi connectivity index (χ3v) is 2.60. The van der Waals surface area contributed by atoms with E-state index in [1.54, 1.807) is 24.3 Å². The number of hydrogen-bond donors (Lipinski definition) is 1. The lowest BCUT2D eigenvalue weighted by Gasteiger charge is -2.15. The molecular weight excluding hydrogens is 228 g/mol. The van der Waals surface area contributed by atoms with E-state index < -0.39 is 12.1 Å². The molecule has 3 heteroatoms. The summed E-state index contributed by atoms with van der Waals surface area (Å²) in [5.74, 6) is -0.432. The van der Waals surface area contributed by atoms with Crippen LogP contribution < -0.4 is 0 Å². The first-order chi connectivity index (χ1) is 8.81. The molecule has 2 aromatic carbocycles. The van der Waals surface area contributed by atoms with Gasteiger partial charge in [0.15, 0.2) is 6.10 Å². The molecule has 18 heavy (non-hydrogen) atoms. The molecule has 0 aliphatic heterocycles. The molecule has 0 spiro atoms. The Labute approximate surface area is 106 Å². The third-order valence-electron chi connectivity index (χ3n) is 2.60. The van der Waals surface area contributed by atoms with Crippen LogP contribution in [0.2, 0.25) is 0 Å². The summed E-state index contributed by atoms with van der Waals surface area (Å²) >= 11 is 0. The quantitative estimate of drug-likeness (QED) is 0.838. The Hall–Kier alpha value is -2.13. The lowest BCUT2D eigenvalue weighted by Crippen LogP contribution is -2.14. The van der Waals surface area contributed by atoms with Gasteiger partial charge in [-0.25, -0.2) is 4.79 Å². The first-order valence-electron chi connectivity index (χ1n) is 5.73. The zero-order valence-corrected chi connectivity index (χ0v) is 9.82. The van der Waals surface area contributed by atoms with E-state index in [0.29, 0.717) is 5.56 Å². The van der Waals surface area contributed by atoms with Crippen molar-refractivity contribution in [1.29, 1.82) is 0 Å². The van der Waals surface area contributed by atoms with E-state index in [4.69, 9.17) is 4.74 Å². The Morgan fingerprint density at radius 1 is 1.00 bits per heavy atom. The van der Waals surface area contributed by atoms with E-state index in [-0.39, 0.29) is 6.61 Å². The van der Waals surface area contributed by atoms with Crippen molar-refractivity contribution in [3.8, 4) is 0 Å². The summed E-state index contributed by atoms with van der Waals surface area (Å²) in [4.78, 5) is 11.9. The molecular formula is C15H14O3. The fourth-order valence-electron chi connectivity index (χ4n) is 1.65. The van der Waals surface area contributed by atoms with Gasteiger partial charge in [0.2, 0.25) is 0 Å². The maximum Gasteiger partial charge on any atom is 0.338 e. The summed E-state index contributed by atoms with van der Waals surface area (Å²) in [6.45, 7) is -0.234. The van der Waals surface area contributed by atoms with Gasteiger partial charge in [-0.3, -0.25) is 0 Å². The normalized spacial score (nSPS) is 11.8. The number of rotatable bonds is 4. The number of hydrogen-bond acceptors (Lipinski definition) is 3. The standard InChI is InChI=1S/C15H14O3/c16-11-14(12-7-3-1-4-8-12)18-15(17)13-9-5-2-6-10-13/h1-10,14,16H,11H2. The van der Waals surface area contributed by atoms with Crippen molar-refractivity contribution in [2.45, 2.75) is 6.10 Å². The summed E-state index contributed by atoms with van der Waals surface area (Å²) < 4.78 is 5.28. The average molecular weight is 242 g/mol. The van der Waals surface area contributed by atoms with Crippen LogP contribution in [0.15, 0.2) is 60.7 Å². The molecule has 0 heterocycles. The average Bonchev–Trinajstić information content (AvgIpc) is 2.46. The van der Waals surface area contributed by atoms with Crippen LogP contribution in [0.5, 0.6) is 0 Å². The van der Waals surface area contributed by atoms with Gasteiger partial charge in [0.25, 0.3) is 0 Å². The highest BCUT2D eigenvalue weighted by molar-refractivity contribution is 5.89. The van der Waals surface area contributed by atoms with Crippen molar-refractivity contribution >= 4 is 5.97 Å². The number of ether oxygens (including phenoxy) is 1. The Kier molecular flexibility index (Phi) is 4.10. The highest BCUT2D eigenvalue weighted by Gasteiger charge is 2.16. The molecule has 92 valence electrons. The maximum absolute atomic E-state index is 11.9. The summed E-state index contributed by atoms with van der Waals surface area (Å²) in [6, 6.07) is 17.9. The molecule has 2 aromatic rings. The van der Waals surface area contributed by atoms with Crippen molar-refractivity contribution in [3.05, 3.63) is 71.8 Å². The van der Waals surface area contributed by atoms with E-state index in [2.05, 4.69) is 0 Å². The zero-order chi connectivity index (χ0) is 12.8. The minimum atomic E-state index is -0.626. The molecule has 3 nitrogen and oxygen atoms in total. The lowest BCUT2D eigenvalue weighted by atomic mass is 10.1. The van der Waals surface area contributed by atoms with Crippen LogP contribution in [0.25, 0.3) is 0 Å². The van der Waals surface area contributed by atoms with Gasteiger partial charge in [-0.05, 0) is 17.7 Å². The van der Waals surface area contributed by atoms with E-state index in [1.165, 1.54) is 0 Å². The molecule has 0 bridgehead atoms. The number of esters is 1. The predicted molar refractivity (Wildman–Crippen MR) is 68.1 cm³/mol. The SMILES string of the molecule is O=C(OC(CO)c1ccccc1)c1ccccc1. The van der Waals surface area contributed by atoms with Crippen molar-refractivity contribution in [2.24, 2.45) is 0 Å². The maximum atomic E-state index is 11.9. The van der Waals surface area contributed by atoms with Gasteiger partial charge in [-0.1, -0.05) is 48.5 Å². The van der Waals surface area contributed by atoms with Crippen LogP contribution in [-0.2, 0) is 4.74 Å². The third kappa shape index (κ3) is 2.96. The molecule has 0 radical (unpaired) electrons. The first kappa shape index (κ1) is 12.3. The second kappa shape index (κ2) is 5.98. The van der Waals surface area contributed by atoms with Crippen molar-refractivity contribution in [3.63, 3.8) is 0 Å². The van der Waals surface area contributed by atoms with Gasteiger partial charge < -0.3 is 9.84 Å². The van der Waals surface area contributed by atoms with Crippen LogP contribution in [0.4, 0.5) is 0 Å². The minimum absolute atomic E-state index is 0.234. The van der Waals surface area contributed by atoms with Crippen LogP contribution >= 0.6 is 0 Å². The van der Waals surface area contributed by atoms with Gasteiger partial charge in [0.05, 0.1) is 12.2 Å². The summed E-state index contributed by atoms with van der Waals surface area (Å²) in [5, 5.41) is 9.30. The number of aliphatic hydroxyl groups excluding tert-OH is 1. The van der Waals surface area contributed by atoms with E-state index in [0.717, 1.165) is 5.56 Å². The molecule has 0 saturated carbocycles. The highest BCUT2D eigenvalue weighted by atomic mass is 16.6.